The molecule has 3 rings (SSSR count). The third-order valence-electron chi connectivity index (χ3n) is 5.25. The molecule has 0 aliphatic carbocycles. The summed E-state index contributed by atoms with van der Waals surface area (Å²) in [6.45, 7) is 6.68. The quantitative estimate of drug-likeness (QED) is 0.814. The first-order valence-electron chi connectivity index (χ1n) is 9.00. The molecule has 5 heteroatoms. The molecule has 2 fully saturated rings. The summed E-state index contributed by atoms with van der Waals surface area (Å²) in [4.78, 5) is 14.3. The molecule has 2 aliphatic heterocycles. The Bertz CT molecular complexity index is 576. The lowest BCUT2D eigenvalue weighted by molar-refractivity contribution is 0.105. The number of ether oxygens (including phenoxy) is 2. The summed E-state index contributed by atoms with van der Waals surface area (Å²) in [7, 11) is 0. The van der Waals surface area contributed by atoms with Crippen molar-refractivity contribution in [3.63, 3.8) is 0 Å². The van der Waals surface area contributed by atoms with Gasteiger partial charge in [-0.2, -0.15) is 0 Å². The van der Waals surface area contributed by atoms with Crippen molar-refractivity contribution in [1.82, 2.24) is 10.2 Å². The van der Waals surface area contributed by atoms with Crippen LogP contribution in [0.25, 0.3) is 0 Å². The van der Waals surface area contributed by atoms with Gasteiger partial charge in [0.15, 0.2) is 0 Å². The molecular formula is C19H28N2O3. The maximum absolute atomic E-state index is 11.8. The zero-order valence-electron chi connectivity index (χ0n) is 14.7. The number of amides is 1. The van der Waals surface area contributed by atoms with Crippen LogP contribution < -0.4 is 10.1 Å². The molecule has 24 heavy (non-hydrogen) atoms. The summed E-state index contributed by atoms with van der Waals surface area (Å²) < 4.78 is 11.0. The third kappa shape index (κ3) is 4.20. The fourth-order valence-electron chi connectivity index (χ4n) is 3.73. The largest absolute Gasteiger partial charge is 0.492 e. The van der Waals surface area contributed by atoms with Gasteiger partial charge in [-0.25, -0.2) is 4.79 Å². The number of fused-ring (bicyclic) bond motifs is 1. The minimum atomic E-state index is -0.346. The van der Waals surface area contributed by atoms with Gasteiger partial charge in [0, 0.05) is 12.1 Å². The molecule has 0 radical (unpaired) electrons. The monoisotopic (exact) mass is 332 g/mol. The number of nitrogens with one attached hydrogen (secondary N) is 1. The topological polar surface area (TPSA) is 50.8 Å². The SMILES string of the molecule is Cc1ccc(OCCNC(=O)OCC2CCC3CCCN32)cc1C. The fraction of sp³-hybridized carbons (Fsp3) is 0.632. The van der Waals surface area contributed by atoms with Gasteiger partial charge in [-0.1, -0.05) is 6.07 Å². The van der Waals surface area contributed by atoms with Crippen LogP contribution in [0.1, 0.15) is 36.8 Å². The van der Waals surface area contributed by atoms with Crippen molar-refractivity contribution in [2.45, 2.75) is 51.6 Å². The Hall–Kier alpha value is -1.75. The first kappa shape index (κ1) is 17.1. The van der Waals surface area contributed by atoms with Crippen molar-refractivity contribution < 1.29 is 14.3 Å². The molecule has 132 valence electrons. The molecule has 2 unspecified atom stereocenters. The van der Waals surface area contributed by atoms with E-state index in [1.54, 1.807) is 0 Å². The van der Waals surface area contributed by atoms with Gasteiger partial charge in [-0.3, -0.25) is 4.90 Å². The zero-order chi connectivity index (χ0) is 16.9. The molecule has 1 N–H and O–H groups in total. The number of rotatable bonds is 6. The highest BCUT2D eigenvalue weighted by atomic mass is 16.5. The molecule has 1 aromatic rings. The van der Waals surface area contributed by atoms with E-state index in [0.717, 1.165) is 24.8 Å². The Morgan fingerprint density at radius 3 is 2.96 bits per heavy atom. The lowest BCUT2D eigenvalue weighted by atomic mass is 10.1. The number of carbonyl (C=O) groups excluding carboxylic acids is 1. The molecule has 0 saturated carbocycles. The second-order valence-corrected chi connectivity index (χ2v) is 6.88. The fourth-order valence-corrected chi connectivity index (χ4v) is 3.73. The number of carbonyl (C=O) groups is 1. The highest BCUT2D eigenvalue weighted by Crippen LogP contribution is 2.32. The van der Waals surface area contributed by atoms with E-state index in [9.17, 15) is 4.79 Å². The van der Waals surface area contributed by atoms with Gasteiger partial charge in [-0.15, -0.1) is 0 Å². The van der Waals surface area contributed by atoms with E-state index < -0.39 is 0 Å². The number of hydrogen-bond acceptors (Lipinski definition) is 4. The third-order valence-corrected chi connectivity index (χ3v) is 5.25. The smallest absolute Gasteiger partial charge is 0.407 e. The Kier molecular flexibility index (Phi) is 5.61. The maximum Gasteiger partial charge on any atom is 0.407 e. The first-order valence-corrected chi connectivity index (χ1v) is 9.00. The minimum Gasteiger partial charge on any atom is -0.492 e. The van der Waals surface area contributed by atoms with Crippen molar-refractivity contribution in [2.75, 3.05) is 26.3 Å². The molecule has 0 aromatic heterocycles. The van der Waals surface area contributed by atoms with Crippen molar-refractivity contribution in [2.24, 2.45) is 0 Å². The van der Waals surface area contributed by atoms with Crippen LogP contribution in [-0.4, -0.2) is 49.4 Å². The summed E-state index contributed by atoms with van der Waals surface area (Å²) >= 11 is 0. The van der Waals surface area contributed by atoms with E-state index in [2.05, 4.69) is 24.1 Å². The highest BCUT2D eigenvalue weighted by Gasteiger charge is 2.36. The predicted molar refractivity (Wildman–Crippen MR) is 93.5 cm³/mol. The lowest BCUT2D eigenvalue weighted by Crippen LogP contribution is -2.37. The number of benzene rings is 1. The summed E-state index contributed by atoms with van der Waals surface area (Å²) in [5.74, 6) is 0.833. The van der Waals surface area contributed by atoms with Crippen molar-refractivity contribution in [1.29, 1.82) is 0 Å². The summed E-state index contributed by atoms with van der Waals surface area (Å²) in [6.07, 6.45) is 4.64. The molecule has 2 saturated heterocycles. The molecular weight excluding hydrogens is 304 g/mol. The zero-order valence-corrected chi connectivity index (χ0v) is 14.7. The standard InChI is InChI=1S/C19H28N2O3/c1-14-5-8-18(12-15(14)2)23-11-9-20-19(22)24-13-17-7-6-16-4-3-10-21(16)17/h5,8,12,16-17H,3-4,6-7,9-11,13H2,1-2H3,(H,20,22). The van der Waals surface area contributed by atoms with E-state index in [1.807, 2.05) is 18.2 Å². The van der Waals surface area contributed by atoms with Crippen LogP contribution in [0.2, 0.25) is 0 Å². The first-order chi connectivity index (χ1) is 11.6. The molecule has 1 aromatic carbocycles. The molecule has 2 atom stereocenters. The van der Waals surface area contributed by atoms with Gasteiger partial charge < -0.3 is 14.8 Å². The number of aryl methyl sites for hydroxylation is 2. The molecule has 1 amide bonds. The molecule has 0 bridgehead atoms. The van der Waals surface area contributed by atoms with Gasteiger partial charge in [0.1, 0.15) is 19.0 Å². The summed E-state index contributed by atoms with van der Waals surface area (Å²) in [5, 5.41) is 2.76. The maximum atomic E-state index is 11.8. The van der Waals surface area contributed by atoms with Crippen LogP contribution >= 0.6 is 0 Å². The average Bonchev–Trinajstić information content (AvgIpc) is 3.17. The van der Waals surface area contributed by atoms with Crippen LogP contribution in [0.3, 0.4) is 0 Å². The molecule has 0 spiro atoms. The van der Waals surface area contributed by atoms with E-state index in [0.29, 0.717) is 25.8 Å². The highest BCUT2D eigenvalue weighted by molar-refractivity contribution is 5.67. The van der Waals surface area contributed by atoms with E-state index in [4.69, 9.17) is 9.47 Å². The lowest BCUT2D eigenvalue weighted by Gasteiger charge is -2.23. The van der Waals surface area contributed by atoms with E-state index in [-0.39, 0.29) is 6.09 Å². The van der Waals surface area contributed by atoms with E-state index in [1.165, 1.54) is 30.4 Å². The van der Waals surface area contributed by atoms with Crippen LogP contribution in [-0.2, 0) is 4.74 Å². The van der Waals surface area contributed by atoms with Crippen LogP contribution in [0.15, 0.2) is 18.2 Å². The van der Waals surface area contributed by atoms with Gasteiger partial charge >= 0.3 is 6.09 Å². The Morgan fingerprint density at radius 1 is 1.25 bits per heavy atom. The number of nitrogens with zero attached hydrogens (tertiary/aromatic N) is 1. The van der Waals surface area contributed by atoms with Crippen LogP contribution in [0, 0.1) is 13.8 Å². The van der Waals surface area contributed by atoms with Gasteiger partial charge in [0.05, 0.1) is 6.54 Å². The van der Waals surface area contributed by atoms with Gasteiger partial charge in [0.25, 0.3) is 0 Å². The van der Waals surface area contributed by atoms with Gasteiger partial charge in [-0.05, 0) is 69.3 Å². The number of alkyl carbamates (subject to hydrolysis) is 1. The predicted octanol–water partition coefficient (Wildman–Crippen LogP) is 3.04. The number of hydrogen-bond donors (Lipinski definition) is 1. The normalized spacial score (nSPS) is 23.1. The Morgan fingerprint density at radius 2 is 2.12 bits per heavy atom. The van der Waals surface area contributed by atoms with Crippen molar-refractivity contribution in [3.05, 3.63) is 29.3 Å². The molecule has 2 heterocycles. The van der Waals surface area contributed by atoms with Gasteiger partial charge in [0.2, 0.25) is 0 Å². The average molecular weight is 332 g/mol. The summed E-state index contributed by atoms with van der Waals surface area (Å²) in [5.41, 5.74) is 2.45. The van der Waals surface area contributed by atoms with Crippen LogP contribution in [0.4, 0.5) is 4.79 Å². The molecule has 2 aliphatic rings. The Labute approximate surface area is 144 Å². The van der Waals surface area contributed by atoms with Crippen LogP contribution in [0.5, 0.6) is 5.75 Å². The Balaban J connectivity index is 1.30. The van der Waals surface area contributed by atoms with Crippen molar-refractivity contribution >= 4 is 6.09 Å². The van der Waals surface area contributed by atoms with Crippen molar-refractivity contribution in [3.8, 4) is 5.75 Å². The second-order valence-electron chi connectivity index (χ2n) is 6.88. The minimum absolute atomic E-state index is 0.346. The summed E-state index contributed by atoms with van der Waals surface area (Å²) in [6, 6.07) is 7.15. The second kappa shape index (κ2) is 7.88. The van der Waals surface area contributed by atoms with E-state index >= 15 is 0 Å². The molecule has 5 nitrogen and oxygen atoms in total.